The molecule has 0 spiro atoms. The predicted molar refractivity (Wildman–Crippen MR) is 48.1 cm³/mol. The van der Waals surface area contributed by atoms with Gasteiger partial charge in [0.1, 0.15) is 5.78 Å². The monoisotopic (exact) mass is 170 g/mol. The highest BCUT2D eigenvalue weighted by Crippen LogP contribution is 2.22. The van der Waals surface area contributed by atoms with E-state index in [-0.39, 0.29) is 5.60 Å². The van der Waals surface area contributed by atoms with Crippen LogP contribution in [-0.2, 0) is 9.53 Å². The van der Waals surface area contributed by atoms with Crippen LogP contribution in [0.3, 0.4) is 0 Å². The van der Waals surface area contributed by atoms with Crippen molar-refractivity contribution in [2.24, 2.45) is 0 Å². The first kappa shape index (κ1) is 9.72. The zero-order valence-electron chi connectivity index (χ0n) is 8.22. The van der Waals surface area contributed by atoms with Crippen LogP contribution in [0.1, 0.15) is 46.5 Å². The Morgan fingerprint density at radius 1 is 1.25 bits per heavy atom. The summed E-state index contributed by atoms with van der Waals surface area (Å²) in [5.41, 5.74) is -0.0644. The normalized spacial score (nSPS) is 21.4. The van der Waals surface area contributed by atoms with Crippen LogP contribution in [0.25, 0.3) is 0 Å². The maximum absolute atomic E-state index is 10.9. The average molecular weight is 170 g/mol. The molecule has 1 rings (SSSR count). The largest absolute Gasteiger partial charge is 0.373 e. The van der Waals surface area contributed by atoms with E-state index in [0.717, 1.165) is 12.8 Å². The van der Waals surface area contributed by atoms with E-state index in [9.17, 15) is 4.79 Å². The molecule has 0 aromatic carbocycles. The third kappa shape index (κ3) is 3.35. The van der Waals surface area contributed by atoms with Crippen LogP contribution in [-0.4, -0.2) is 17.5 Å². The van der Waals surface area contributed by atoms with Gasteiger partial charge in [-0.15, -0.1) is 0 Å². The molecule has 0 unspecified atom stereocenters. The average Bonchev–Trinajstić information content (AvgIpc) is 1.91. The van der Waals surface area contributed by atoms with Crippen molar-refractivity contribution in [1.82, 2.24) is 0 Å². The van der Waals surface area contributed by atoms with Crippen molar-refractivity contribution in [2.45, 2.75) is 58.2 Å². The first-order chi connectivity index (χ1) is 5.47. The number of hydrogen-bond acceptors (Lipinski definition) is 2. The fourth-order valence-electron chi connectivity index (χ4n) is 1.53. The molecular weight excluding hydrogens is 152 g/mol. The molecule has 1 aliphatic carbocycles. The maximum atomic E-state index is 10.9. The second kappa shape index (κ2) is 3.56. The molecule has 0 aromatic heterocycles. The van der Waals surface area contributed by atoms with E-state index in [1.807, 2.05) is 0 Å². The van der Waals surface area contributed by atoms with E-state index >= 15 is 0 Å². The quantitative estimate of drug-likeness (QED) is 0.603. The highest BCUT2D eigenvalue weighted by Gasteiger charge is 2.23. The van der Waals surface area contributed by atoms with Crippen LogP contribution < -0.4 is 0 Å². The second-order valence-electron chi connectivity index (χ2n) is 4.47. The molecule has 0 atom stereocenters. The van der Waals surface area contributed by atoms with Crippen molar-refractivity contribution in [2.75, 3.05) is 0 Å². The van der Waals surface area contributed by atoms with Gasteiger partial charge >= 0.3 is 0 Å². The van der Waals surface area contributed by atoms with E-state index in [2.05, 4.69) is 20.8 Å². The lowest BCUT2D eigenvalue weighted by atomic mass is 9.96. The van der Waals surface area contributed by atoms with Crippen molar-refractivity contribution in [3.63, 3.8) is 0 Å². The molecule has 2 heteroatoms. The zero-order valence-corrected chi connectivity index (χ0v) is 8.22. The van der Waals surface area contributed by atoms with E-state index in [1.54, 1.807) is 0 Å². The molecule has 12 heavy (non-hydrogen) atoms. The van der Waals surface area contributed by atoms with Crippen LogP contribution in [0.15, 0.2) is 0 Å². The topological polar surface area (TPSA) is 26.3 Å². The lowest BCUT2D eigenvalue weighted by Crippen LogP contribution is -2.30. The number of ketones is 1. The van der Waals surface area contributed by atoms with E-state index in [1.165, 1.54) is 0 Å². The summed E-state index contributed by atoms with van der Waals surface area (Å²) in [4.78, 5) is 10.9. The second-order valence-corrected chi connectivity index (χ2v) is 4.47. The molecule has 0 saturated heterocycles. The van der Waals surface area contributed by atoms with Gasteiger partial charge < -0.3 is 4.74 Å². The highest BCUT2D eigenvalue weighted by atomic mass is 16.5. The van der Waals surface area contributed by atoms with Crippen LogP contribution in [0, 0.1) is 0 Å². The Morgan fingerprint density at radius 3 is 2.17 bits per heavy atom. The fourth-order valence-corrected chi connectivity index (χ4v) is 1.53. The van der Waals surface area contributed by atoms with Gasteiger partial charge in [0.05, 0.1) is 11.7 Å². The Balaban J connectivity index is 2.31. The Bertz CT molecular complexity index is 157. The molecule has 0 heterocycles. The van der Waals surface area contributed by atoms with E-state index in [0.29, 0.717) is 24.7 Å². The van der Waals surface area contributed by atoms with Gasteiger partial charge in [0.15, 0.2) is 0 Å². The first-order valence-electron chi connectivity index (χ1n) is 4.67. The molecule has 0 radical (unpaired) electrons. The zero-order chi connectivity index (χ0) is 9.19. The minimum Gasteiger partial charge on any atom is -0.373 e. The summed E-state index contributed by atoms with van der Waals surface area (Å²) < 4.78 is 5.77. The lowest BCUT2D eigenvalue weighted by molar-refractivity contribution is -0.127. The highest BCUT2D eigenvalue weighted by molar-refractivity contribution is 5.79. The van der Waals surface area contributed by atoms with Gasteiger partial charge in [-0.25, -0.2) is 0 Å². The van der Waals surface area contributed by atoms with Gasteiger partial charge in [-0.05, 0) is 33.6 Å². The predicted octanol–water partition coefficient (Wildman–Crippen LogP) is 2.31. The Kier molecular flexibility index (Phi) is 2.89. The van der Waals surface area contributed by atoms with E-state index < -0.39 is 0 Å². The van der Waals surface area contributed by atoms with Gasteiger partial charge in [-0.1, -0.05) is 0 Å². The lowest BCUT2D eigenvalue weighted by Gasteiger charge is -2.29. The maximum Gasteiger partial charge on any atom is 0.133 e. The van der Waals surface area contributed by atoms with Gasteiger partial charge in [-0.3, -0.25) is 4.79 Å². The summed E-state index contributed by atoms with van der Waals surface area (Å²) >= 11 is 0. The standard InChI is InChI=1S/C10H18O2/c1-10(2,3)12-9-6-4-8(11)5-7-9/h9H,4-7H2,1-3H3. The number of ether oxygens (including phenoxy) is 1. The fraction of sp³-hybridized carbons (Fsp3) is 0.900. The SMILES string of the molecule is CC(C)(C)OC1CCC(=O)CC1. The molecule has 1 fully saturated rings. The first-order valence-corrected chi connectivity index (χ1v) is 4.67. The van der Waals surface area contributed by atoms with Crippen LogP contribution in [0.2, 0.25) is 0 Å². The van der Waals surface area contributed by atoms with Gasteiger partial charge in [-0.2, -0.15) is 0 Å². The molecule has 0 amide bonds. The van der Waals surface area contributed by atoms with Crippen molar-refractivity contribution >= 4 is 5.78 Å². The van der Waals surface area contributed by atoms with Crippen molar-refractivity contribution < 1.29 is 9.53 Å². The van der Waals surface area contributed by atoms with Crippen molar-refractivity contribution in [3.05, 3.63) is 0 Å². The Morgan fingerprint density at radius 2 is 1.75 bits per heavy atom. The van der Waals surface area contributed by atoms with Gasteiger partial charge in [0, 0.05) is 12.8 Å². The summed E-state index contributed by atoms with van der Waals surface area (Å²) in [7, 11) is 0. The summed E-state index contributed by atoms with van der Waals surface area (Å²) in [5, 5.41) is 0. The molecule has 0 bridgehead atoms. The number of rotatable bonds is 1. The van der Waals surface area contributed by atoms with Crippen molar-refractivity contribution in [3.8, 4) is 0 Å². The minimum atomic E-state index is -0.0644. The number of carbonyl (C=O) groups is 1. The summed E-state index contributed by atoms with van der Waals surface area (Å²) in [6.07, 6.45) is 3.55. The Hall–Kier alpha value is -0.370. The number of Topliss-reactive ketones (excluding diaryl/α,β-unsaturated/α-hetero) is 1. The molecule has 0 aromatic rings. The molecule has 1 saturated carbocycles. The van der Waals surface area contributed by atoms with Crippen molar-refractivity contribution in [1.29, 1.82) is 0 Å². The van der Waals surface area contributed by atoms with Gasteiger partial charge in [0.25, 0.3) is 0 Å². The molecule has 70 valence electrons. The molecular formula is C10H18O2. The summed E-state index contributed by atoms with van der Waals surface area (Å²) in [6.45, 7) is 6.18. The molecule has 0 aliphatic heterocycles. The summed E-state index contributed by atoms with van der Waals surface area (Å²) in [5.74, 6) is 0.392. The molecule has 1 aliphatic rings. The minimum absolute atomic E-state index is 0.0644. The van der Waals surface area contributed by atoms with Crippen LogP contribution in [0.5, 0.6) is 0 Å². The molecule has 2 nitrogen and oxygen atoms in total. The van der Waals surface area contributed by atoms with Crippen LogP contribution >= 0.6 is 0 Å². The number of hydrogen-bond donors (Lipinski definition) is 0. The third-order valence-electron chi connectivity index (χ3n) is 2.01. The number of carbonyl (C=O) groups excluding carboxylic acids is 1. The summed E-state index contributed by atoms with van der Waals surface area (Å²) in [6, 6.07) is 0. The van der Waals surface area contributed by atoms with Gasteiger partial charge in [0.2, 0.25) is 0 Å². The third-order valence-corrected chi connectivity index (χ3v) is 2.01. The molecule has 0 N–H and O–H groups in total. The Labute approximate surface area is 74.3 Å². The smallest absolute Gasteiger partial charge is 0.133 e. The van der Waals surface area contributed by atoms with Crippen LogP contribution in [0.4, 0.5) is 0 Å². The van der Waals surface area contributed by atoms with E-state index in [4.69, 9.17) is 4.74 Å².